The number of anilines is 3. The van der Waals surface area contributed by atoms with Gasteiger partial charge < -0.3 is 15.1 Å². The number of carbonyl (C=O) groups excluding carboxylic acids is 1. The van der Waals surface area contributed by atoms with Crippen molar-refractivity contribution < 1.29 is 4.79 Å². The largest absolute Gasteiger partial charge is 0.370 e. The molecule has 0 unspecified atom stereocenters. The third-order valence-corrected chi connectivity index (χ3v) is 8.13. The Bertz CT molecular complexity index is 1570. The first-order valence-electron chi connectivity index (χ1n) is 13.0. The molecule has 190 valence electrons. The first-order valence-corrected chi connectivity index (χ1v) is 13.0. The van der Waals surface area contributed by atoms with Gasteiger partial charge in [0, 0.05) is 53.9 Å². The quantitative estimate of drug-likeness (QED) is 0.338. The number of H-pyrrole nitrogens is 1. The summed E-state index contributed by atoms with van der Waals surface area (Å²) in [6.45, 7) is 8.99. The van der Waals surface area contributed by atoms with Crippen molar-refractivity contribution in [2.75, 3.05) is 36.4 Å². The first kappa shape index (κ1) is 23.8. The number of piperidine rings is 1. The van der Waals surface area contributed by atoms with Gasteiger partial charge >= 0.3 is 0 Å². The van der Waals surface area contributed by atoms with E-state index < -0.39 is 0 Å². The predicted molar refractivity (Wildman–Crippen MR) is 151 cm³/mol. The molecule has 4 aromatic rings. The van der Waals surface area contributed by atoms with Crippen LogP contribution in [-0.2, 0) is 4.79 Å². The highest BCUT2D eigenvalue weighted by atomic mass is 16.2. The van der Waals surface area contributed by atoms with Crippen molar-refractivity contribution in [3.63, 3.8) is 0 Å². The summed E-state index contributed by atoms with van der Waals surface area (Å²) in [6.07, 6.45) is 5.23. The molecule has 6 rings (SSSR count). The van der Waals surface area contributed by atoms with Gasteiger partial charge in [-0.2, -0.15) is 10.4 Å². The standard InChI is InChI=1S/C31H30N6O/c1-3-28(38)37-19-31(20-37)13-15-36(16-14-31)27-12-11-26(34-22-7-5-4-6-8-22)30(23(27)17-32)29-21(2)9-10-25-24(29)18-33-35-25/h3-12,18,34H,1,13-16,19-20H2,2H3,(H,33,35). The minimum Gasteiger partial charge on any atom is -0.370 e. The maximum absolute atomic E-state index is 12.0. The van der Waals surface area contributed by atoms with Crippen LogP contribution in [0, 0.1) is 23.7 Å². The maximum Gasteiger partial charge on any atom is 0.245 e. The van der Waals surface area contributed by atoms with Gasteiger partial charge in [0.15, 0.2) is 0 Å². The number of rotatable bonds is 5. The summed E-state index contributed by atoms with van der Waals surface area (Å²) in [5.74, 6) is 0.0137. The molecule has 2 aliphatic rings. The van der Waals surface area contributed by atoms with Crippen molar-refractivity contribution >= 4 is 33.9 Å². The summed E-state index contributed by atoms with van der Waals surface area (Å²) < 4.78 is 0. The molecule has 2 N–H and O–H groups in total. The van der Waals surface area contributed by atoms with Gasteiger partial charge in [-0.25, -0.2) is 0 Å². The van der Waals surface area contributed by atoms with E-state index in [1.165, 1.54) is 6.08 Å². The van der Waals surface area contributed by atoms with Gasteiger partial charge in [0.2, 0.25) is 5.91 Å². The van der Waals surface area contributed by atoms with E-state index in [0.29, 0.717) is 5.56 Å². The third-order valence-electron chi connectivity index (χ3n) is 8.13. The number of nitrogens with one attached hydrogen (secondary N) is 2. The molecule has 1 amide bonds. The average Bonchev–Trinajstić information content (AvgIpc) is 3.41. The van der Waals surface area contributed by atoms with Crippen LogP contribution >= 0.6 is 0 Å². The van der Waals surface area contributed by atoms with Crippen LogP contribution in [-0.4, -0.2) is 47.2 Å². The average molecular weight is 503 g/mol. The van der Waals surface area contributed by atoms with Crippen molar-refractivity contribution in [2.24, 2.45) is 5.41 Å². The molecule has 2 aliphatic heterocycles. The van der Waals surface area contributed by atoms with Crippen molar-refractivity contribution in [2.45, 2.75) is 19.8 Å². The highest BCUT2D eigenvalue weighted by molar-refractivity contribution is 6.03. The minimum absolute atomic E-state index is 0.0137. The predicted octanol–water partition coefficient (Wildman–Crippen LogP) is 5.77. The van der Waals surface area contributed by atoms with Crippen LogP contribution in [0.25, 0.3) is 22.0 Å². The van der Waals surface area contributed by atoms with Crippen LogP contribution in [0.3, 0.4) is 0 Å². The lowest BCUT2D eigenvalue weighted by Gasteiger charge is -2.54. The van der Waals surface area contributed by atoms with Gasteiger partial charge in [-0.05, 0) is 67.3 Å². The van der Waals surface area contributed by atoms with E-state index in [-0.39, 0.29) is 11.3 Å². The Labute approximate surface area is 222 Å². The van der Waals surface area contributed by atoms with Crippen molar-refractivity contribution in [1.82, 2.24) is 15.1 Å². The number of likely N-dealkylation sites (tertiary alicyclic amines) is 1. The number of fused-ring (bicyclic) bond motifs is 1. The molecule has 1 spiro atoms. The number of nitrogens with zero attached hydrogens (tertiary/aromatic N) is 4. The number of aryl methyl sites for hydroxylation is 1. The van der Waals surface area contributed by atoms with Crippen LogP contribution in [0.1, 0.15) is 24.0 Å². The molecule has 7 heteroatoms. The zero-order chi connectivity index (χ0) is 26.3. The molecule has 0 aliphatic carbocycles. The second kappa shape index (κ2) is 9.38. The molecular weight excluding hydrogens is 472 g/mol. The number of benzene rings is 3. The third kappa shape index (κ3) is 3.99. The van der Waals surface area contributed by atoms with Gasteiger partial charge in [-0.1, -0.05) is 30.8 Å². The Morgan fingerprint density at radius 2 is 1.87 bits per heavy atom. The number of hydrogen-bond donors (Lipinski definition) is 2. The Hall–Kier alpha value is -4.57. The van der Waals surface area contributed by atoms with E-state index in [4.69, 9.17) is 0 Å². The van der Waals surface area contributed by atoms with Gasteiger partial charge in [-0.15, -0.1) is 0 Å². The molecule has 1 aromatic heterocycles. The van der Waals surface area contributed by atoms with E-state index in [0.717, 1.165) is 83.7 Å². The first-order chi connectivity index (χ1) is 18.5. The van der Waals surface area contributed by atoms with E-state index in [1.807, 2.05) is 47.5 Å². The molecule has 0 atom stereocenters. The zero-order valence-corrected chi connectivity index (χ0v) is 21.5. The highest BCUT2D eigenvalue weighted by Gasteiger charge is 2.46. The van der Waals surface area contributed by atoms with Crippen LogP contribution in [0.5, 0.6) is 0 Å². The van der Waals surface area contributed by atoms with Crippen LogP contribution in [0.15, 0.2) is 73.4 Å². The number of para-hydroxylation sites is 1. The van der Waals surface area contributed by atoms with Crippen molar-refractivity contribution in [3.05, 3.63) is 84.6 Å². The fourth-order valence-corrected chi connectivity index (χ4v) is 6.05. The number of nitriles is 1. The van der Waals surface area contributed by atoms with Gasteiger partial charge in [0.25, 0.3) is 0 Å². The summed E-state index contributed by atoms with van der Waals surface area (Å²) in [4.78, 5) is 16.2. The number of aromatic amines is 1. The van der Waals surface area contributed by atoms with Crippen LogP contribution in [0.2, 0.25) is 0 Å². The molecule has 0 bridgehead atoms. The van der Waals surface area contributed by atoms with Gasteiger partial charge in [0.1, 0.15) is 6.07 Å². The van der Waals surface area contributed by atoms with Crippen molar-refractivity contribution in [3.8, 4) is 17.2 Å². The normalized spacial score (nSPS) is 16.2. The lowest BCUT2D eigenvalue weighted by atomic mass is 9.71. The smallest absolute Gasteiger partial charge is 0.245 e. The summed E-state index contributed by atoms with van der Waals surface area (Å²) >= 11 is 0. The summed E-state index contributed by atoms with van der Waals surface area (Å²) in [7, 11) is 0. The molecule has 2 fully saturated rings. The van der Waals surface area contributed by atoms with E-state index in [1.54, 1.807) is 0 Å². The SMILES string of the molecule is C=CC(=O)N1CC2(CCN(c3ccc(Nc4ccccc4)c(-c4c(C)ccc5[nH]ncc45)c3C#N)CC2)C1. The Balaban J connectivity index is 1.40. The molecule has 0 saturated carbocycles. The summed E-state index contributed by atoms with van der Waals surface area (Å²) in [5.41, 5.74) is 7.58. The number of aromatic nitrogens is 2. The molecular formula is C31H30N6O. The Kier molecular flexibility index (Phi) is 5.88. The number of amides is 1. The Morgan fingerprint density at radius 1 is 1.11 bits per heavy atom. The summed E-state index contributed by atoms with van der Waals surface area (Å²) in [5, 5.41) is 22.5. The molecule has 38 heavy (non-hydrogen) atoms. The van der Waals surface area contributed by atoms with Crippen molar-refractivity contribution in [1.29, 1.82) is 5.26 Å². The molecule has 0 radical (unpaired) electrons. The van der Waals surface area contributed by atoms with Crippen LogP contribution < -0.4 is 10.2 Å². The van der Waals surface area contributed by atoms with E-state index in [9.17, 15) is 10.1 Å². The monoisotopic (exact) mass is 502 g/mol. The lowest BCUT2D eigenvalue weighted by molar-refractivity contribution is -0.139. The maximum atomic E-state index is 12.0. The van der Waals surface area contributed by atoms with Gasteiger partial charge in [-0.3, -0.25) is 9.89 Å². The lowest BCUT2D eigenvalue weighted by Crippen LogP contribution is -2.61. The van der Waals surface area contributed by atoms with E-state index >= 15 is 0 Å². The van der Waals surface area contributed by atoms with Gasteiger partial charge in [0.05, 0.1) is 23.0 Å². The number of carbonyl (C=O) groups is 1. The highest BCUT2D eigenvalue weighted by Crippen LogP contribution is 2.46. The second-order valence-electron chi connectivity index (χ2n) is 10.5. The van der Waals surface area contributed by atoms with Crippen LogP contribution in [0.4, 0.5) is 17.1 Å². The Morgan fingerprint density at radius 3 is 2.58 bits per heavy atom. The second-order valence-corrected chi connectivity index (χ2v) is 10.5. The van der Waals surface area contributed by atoms with E-state index in [2.05, 4.69) is 58.2 Å². The fraction of sp³-hybridized carbons (Fsp3) is 0.258. The molecule has 3 aromatic carbocycles. The topological polar surface area (TPSA) is 88.1 Å². The summed E-state index contributed by atoms with van der Waals surface area (Å²) in [6, 6.07) is 20.9. The molecule has 3 heterocycles. The zero-order valence-electron chi connectivity index (χ0n) is 21.5. The minimum atomic E-state index is 0.0137. The molecule has 2 saturated heterocycles. The fourth-order valence-electron chi connectivity index (χ4n) is 6.05. The molecule has 7 nitrogen and oxygen atoms in total. The number of hydrogen-bond acceptors (Lipinski definition) is 5.